The Hall–Kier alpha value is -1.56. The lowest BCUT2D eigenvalue weighted by Gasteiger charge is -2.05. The minimum Gasteiger partial charge on any atom is -0.383 e. The van der Waals surface area contributed by atoms with Crippen molar-refractivity contribution in [3.63, 3.8) is 0 Å². The van der Waals surface area contributed by atoms with Crippen LogP contribution in [0.4, 0.5) is 5.82 Å². The lowest BCUT2D eigenvalue weighted by Crippen LogP contribution is -2.32. The van der Waals surface area contributed by atoms with Gasteiger partial charge in [-0.25, -0.2) is 4.79 Å². The van der Waals surface area contributed by atoms with Gasteiger partial charge in [-0.05, 0) is 0 Å². The topological polar surface area (TPSA) is 76.1 Å². The van der Waals surface area contributed by atoms with Crippen molar-refractivity contribution in [2.45, 2.75) is 0 Å². The molecule has 0 atom stereocenters. The fraction of sp³-hybridized carbons (Fsp3) is 0.500. The van der Waals surface area contributed by atoms with E-state index in [9.17, 15) is 9.59 Å². The molecule has 0 saturated heterocycles. The SMILES string of the molecule is COCCNc1cc(=O)n(C)c(=O)[nH]1. The summed E-state index contributed by atoms with van der Waals surface area (Å²) in [6.45, 7) is 1.05. The smallest absolute Gasteiger partial charge is 0.329 e. The van der Waals surface area contributed by atoms with Gasteiger partial charge in [-0.3, -0.25) is 14.3 Å². The van der Waals surface area contributed by atoms with E-state index in [1.807, 2.05) is 0 Å². The van der Waals surface area contributed by atoms with Gasteiger partial charge in [0.1, 0.15) is 5.82 Å². The highest BCUT2D eigenvalue weighted by molar-refractivity contribution is 5.31. The summed E-state index contributed by atoms with van der Waals surface area (Å²) in [5.74, 6) is 0.412. The second-order valence-electron chi connectivity index (χ2n) is 2.80. The van der Waals surface area contributed by atoms with Crippen LogP contribution in [0.15, 0.2) is 15.7 Å². The summed E-state index contributed by atoms with van der Waals surface area (Å²) in [7, 11) is 2.99. The number of aromatic nitrogens is 2. The zero-order valence-corrected chi connectivity index (χ0v) is 8.16. The van der Waals surface area contributed by atoms with Crippen LogP contribution in [0, 0.1) is 0 Å². The van der Waals surface area contributed by atoms with E-state index < -0.39 is 5.69 Å². The normalized spacial score (nSPS) is 10.1. The lowest BCUT2D eigenvalue weighted by atomic mass is 10.5. The molecular formula is C8H13N3O3. The molecule has 6 nitrogen and oxygen atoms in total. The van der Waals surface area contributed by atoms with Crippen molar-refractivity contribution < 1.29 is 4.74 Å². The Balaban J connectivity index is 2.80. The molecule has 2 N–H and O–H groups in total. The summed E-state index contributed by atoms with van der Waals surface area (Å²) >= 11 is 0. The van der Waals surface area contributed by atoms with Gasteiger partial charge in [0.2, 0.25) is 0 Å². The second kappa shape index (κ2) is 4.61. The summed E-state index contributed by atoms with van der Waals surface area (Å²) in [6.07, 6.45) is 0. The highest BCUT2D eigenvalue weighted by Gasteiger charge is 1.98. The van der Waals surface area contributed by atoms with Gasteiger partial charge < -0.3 is 10.1 Å². The molecule has 0 aromatic carbocycles. The highest BCUT2D eigenvalue weighted by atomic mass is 16.5. The van der Waals surface area contributed by atoms with Crippen molar-refractivity contribution in [2.24, 2.45) is 7.05 Å². The maximum absolute atomic E-state index is 11.2. The van der Waals surface area contributed by atoms with E-state index in [0.717, 1.165) is 4.57 Å². The average molecular weight is 199 g/mol. The van der Waals surface area contributed by atoms with Gasteiger partial charge in [-0.2, -0.15) is 0 Å². The molecule has 1 heterocycles. The minimum atomic E-state index is -0.433. The Kier molecular flexibility index (Phi) is 3.47. The molecule has 0 unspecified atom stereocenters. The van der Waals surface area contributed by atoms with E-state index in [0.29, 0.717) is 19.0 Å². The van der Waals surface area contributed by atoms with E-state index in [1.54, 1.807) is 7.11 Å². The first kappa shape index (κ1) is 10.5. The third-order valence-corrected chi connectivity index (χ3v) is 1.77. The van der Waals surface area contributed by atoms with Crippen LogP contribution in [-0.4, -0.2) is 29.8 Å². The fourth-order valence-corrected chi connectivity index (χ4v) is 0.939. The summed E-state index contributed by atoms with van der Waals surface area (Å²) in [4.78, 5) is 24.8. The van der Waals surface area contributed by atoms with Crippen LogP contribution in [0.5, 0.6) is 0 Å². The zero-order chi connectivity index (χ0) is 10.6. The molecule has 0 fully saturated rings. The second-order valence-corrected chi connectivity index (χ2v) is 2.80. The lowest BCUT2D eigenvalue weighted by molar-refractivity contribution is 0.210. The van der Waals surface area contributed by atoms with Gasteiger partial charge in [-0.15, -0.1) is 0 Å². The molecule has 1 aromatic heterocycles. The van der Waals surface area contributed by atoms with E-state index in [1.165, 1.54) is 13.1 Å². The molecule has 0 aliphatic rings. The van der Waals surface area contributed by atoms with Crippen molar-refractivity contribution in [1.29, 1.82) is 0 Å². The first-order valence-corrected chi connectivity index (χ1v) is 4.18. The number of nitrogens with one attached hydrogen (secondary N) is 2. The summed E-state index contributed by atoms with van der Waals surface area (Å²) in [6, 6.07) is 1.33. The van der Waals surface area contributed by atoms with Crippen molar-refractivity contribution in [3.8, 4) is 0 Å². The van der Waals surface area contributed by atoms with Crippen molar-refractivity contribution in [1.82, 2.24) is 9.55 Å². The third-order valence-electron chi connectivity index (χ3n) is 1.77. The molecule has 0 bridgehead atoms. The van der Waals surface area contributed by atoms with Gasteiger partial charge in [0.15, 0.2) is 0 Å². The van der Waals surface area contributed by atoms with E-state index in [2.05, 4.69) is 10.3 Å². The fourth-order valence-electron chi connectivity index (χ4n) is 0.939. The van der Waals surface area contributed by atoms with Gasteiger partial charge in [0, 0.05) is 26.8 Å². The molecule has 1 aromatic rings. The number of ether oxygens (including phenoxy) is 1. The van der Waals surface area contributed by atoms with Crippen molar-refractivity contribution >= 4 is 5.82 Å². The quantitative estimate of drug-likeness (QED) is 0.618. The Labute approximate surface area is 80.5 Å². The van der Waals surface area contributed by atoms with E-state index in [-0.39, 0.29) is 5.56 Å². The third kappa shape index (κ3) is 2.46. The average Bonchev–Trinajstić information content (AvgIpc) is 2.14. The summed E-state index contributed by atoms with van der Waals surface area (Å²) in [5, 5.41) is 2.86. The minimum absolute atomic E-state index is 0.339. The number of methoxy groups -OCH3 is 1. The number of anilines is 1. The van der Waals surface area contributed by atoms with Crippen LogP contribution < -0.4 is 16.6 Å². The van der Waals surface area contributed by atoms with Crippen LogP contribution in [0.3, 0.4) is 0 Å². The predicted molar refractivity (Wildman–Crippen MR) is 52.7 cm³/mol. The molecule has 0 aliphatic carbocycles. The summed E-state index contributed by atoms with van der Waals surface area (Å²) in [5.41, 5.74) is -0.772. The maximum Gasteiger partial charge on any atom is 0.329 e. The number of aromatic amines is 1. The van der Waals surface area contributed by atoms with Crippen LogP contribution >= 0.6 is 0 Å². The number of H-pyrrole nitrogens is 1. The monoisotopic (exact) mass is 199 g/mol. The molecule has 0 saturated carbocycles. The molecule has 0 radical (unpaired) electrons. The van der Waals surface area contributed by atoms with Crippen LogP contribution in [-0.2, 0) is 11.8 Å². The van der Waals surface area contributed by atoms with Gasteiger partial charge in [0.25, 0.3) is 5.56 Å². The van der Waals surface area contributed by atoms with Gasteiger partial charge >= 0.3 is 5.69 Å². The number of hydrogen-bond acceptors (Lipinski definition) is 4. The molecule has 0 amide bonds. The zero-order valence-electron chi connectivity index (χ0n) is 8.16. The predicted octanol–water partition coefficient (Wildman–Crippen LogP) is -0.868. The standard InChI is InChI=1S/C8H13N3O3/c1-11-7(12)5-6(10-8(11)13)9-3-4-14-2/h5,9H,3-4H2,1-2H3,(H,10,13). The first-order chi connectivity index (χ1) is 6.65. The Morgan fingerprint density at radius 2 is 2.29 bits per heavy atom. The molecule has 6 heteroatoms. The van der Waals surface area contributed by atoms with Crippen molar-refractivity contribution in [2.75, 3.05) is 25.6 Å². The number of hydrogen-bond donors (Lipinski definition) is 2. The van der Waals surface area contributed by atoms with Gasteiger partial charge in [0.05, 0.1) is 6.61 Å². The Morgan fingerprint density at radius 1 is 1.57 bits per heavy atom. The Bertz CT molecular complexity index is 376. The maximum atomic E-state index is 11.2. The highest BCUT2D eigenvalue weighted by Crippen LogP contribution is 1.91. The summed E-state index contributed by atoms with van der Waals surface area (Å²) < 4.78 is 5.81. The number of nitrogens with zero attached hydrogens (tertiary/aromatic N) is 1. The number of rotatable bonds is 4. The van der Waals surface area contributed by atoms with E-state index >= 15 is 0 Å². The first-order valence-electron chi connectivity index (χ1n) is 4.18. The molecule has 1 rings (SSSR count). The van der Waals surface area contributed by atoms with Crippen LogP contribution in [0.1, 0.15) is 0 Å². The van der Waals surface area contributed by atoms with Crippen LogP contribution in [0.25, 0.3) is 0 Å². The van der Waals surface area contributed by atoms with Crippen LogP contribution in [0.2, 0.25) is 0 Å². The molecule has 78 valence electrons. The molecular weight excluding hydrogens is 186 g/mol. The van der Waals surface area contributed by atoms with E-state index in [4.69, 9.17) is 4.74 Å². The molecule has 14 heavy (non-hydrogen) atoms. The molecule has 0 aliphatic heterocycles. The van der Waals surface area contributed by atoms with Crippen molar-refractivity contribution in [3.05, 3.63) is 26.9 Å². The Morgan fingerprint density at radius 3 is 2.86 bits per heavy atom. The molecule has 0 spiro atoms. The van der Waals surface area contributed by atoms with Gasteiger partial charge in [-0.1, -0.05) is 0 Å². The largest absolute Gasteiger partial charge is 0.383 e.